The highest BCUT2D eigenvalue weighted by Crippen LogP contribution is 2.31. The maximum atomic E-state index is 12.6. The third-order valence-corrected chi connectivity index (χ3v) is 2.71. The number of halogens is 3. The van der Waals surface area contributed by atoms with Crippen LogP contribution < -0.4 is 5.32 Å². The average molecular weight is 247 g/mol. The van der Waals surface area contributed by atoms with Gasteiger partial charge in [-0.15, -0.1) is 0 Å². The lowest BCUT2D eigenvalue weighted by Gasteiger charge is -2.29. The topological polar surface area (TPSA) is 32.3 Å². The van der Waals surface area contributed by atoms with E-state index in [9.17, 15) is 18.3 Å². The average Bonchev–Trinajstić information content (AvgIpc) is 2.28. The maximum absolute atomic E-state index is 12.6. The second-order valence-electron chi connectivity index (χ2n) is 4.10. The minimum atomic E-state index is -4.36. The van der Waals surface area contributed by atoms with Crippen molar-refractivity contribution in [2.75, 3.05) is 13.2 Å². The van der Waals surface area contributed by atoms with Crippen LogP contribution in [-0.2, 0) is 11.7 Å². The van der Waals surface area contributed by atoms with E-state index in [0.29, 0.717) is 12.1 Å². The van der Waals surface area contributed by atoms with Crippen LogP contribution >= 0.6 is 0 Å². The molecule has 0 aliphatic carbocycles. The van der Waals surface area contributed by atoms with Gasteiger partial charge in [-0.2, -0.15) is 13.2 Å². The highest BCUT2D eigenvalue weighted by Gasteiger charge is 2.33. The first-order valence-electron chi connectivity index (χ1n) is 5.37. The van der Waals surface area contributed by atoms with Gasteiger partial charge in [0.1, 0.15) is 0 Å². The molecular formula is C12H16F3NO. The van der Waals surface area contributed by atoms with Gasteiger partial charge in [-0.25, -0.2) is 0 Å². The Kier molecular flexibility index (Phi) is 4.16. The number of aliphatic hydroxyl groups excluding tert-OH is 1. The fraction of sp³-hybridized carbons (Fsp3) is 0.500. The summed E-state index contributed by atoms with van der Waals surface area (Å²) in [4.78, 5) is 0. The standard InChI is InChI=1S/C12H16F3NO/c1-3-16-11(2,8-17)9-5-4-6-10(7-9)12(13,14)15/h4-7,16-17H,3,8H2,1-2H3. The Morgan fingerprint density at radius 1 is 1.24 bits per heavy atom. The Morgan fingerprint density at radius 2 is 1.82 bits per heavy atom. The van der Waals surface area contributed by atoms with Gasteiger partial charge in [0.25, 0.3) is 0 Å². The number of aliphatic hydroxyl groups is 1. The summed E-state index contributed by atoms with van der Waals surface area (Å²) < 4.78 is 37.7. The number of benzene rings is 1. The van der Waals surface area contributed by atoms with E-state index in [1.807, 2.05) is 6.92 Å². The third kappa shape index (κ3) is 3.20. The molecule has 5 heteroatoms. The molecule has 1 aromatic carbocycles. The predicted octanol–water partition coefficient (Wildman–Crippen LogP) is 2.52. The molecule has 0 aliphatic heterocycles. The van der Waals surface area contributed by atoms with E-state index < -0.39 is 17.3 Å². The molecule has 0 saturated heterocycles. The molecule has 2 nitrogen and oxygen atoms in total. The van der Waals surface area contributed by atoms with Crippen LogP contribution in [0.3, 0.4) is 0 Å². The van der Waals surface area contributed by atoms with Crippen molar-refractivity contribution in [2.24, 2.45) is 0 Å². The molecule has 17 heavy (non-hydrogen) atoms. The fourth-order valence-electron chi connectivity index (χ4n) is 1.68. The zero-order chi connectivity index (χ0) is 13.1. The lowest BCUT2D eigenvalue weighted by Crippen LogP contribution is -2.42. The number of alkyl halides is 3. The van der Waals surface area contributed by atoms with Crippen LogP contribution in [0, 0.1) is 0 Å². The van der Waals surface area contributed by atoms with Gasteiger partial charge in [-0.1, -0.05) is 19.1 Å². The van der Waals surface area contributed by atoms with Gasteiger partial charge in [0, 0.05) is 0 Å². The zero-order valence-corrected chi connectivity index (χ0v) is 9.80. The van der Waals surface area contributed by atoms with Gasteiger partial charge < -0.3 is 10.4 Å². The summed E-state index contributed by atoms with van der Waals surface area (Å²) >= 11 is 0. The van der Waals surface area contributed by atoms with Crippen LogP contribution in [0.25, 0.3) is 0 Å². The summed E-state index contributed by atoms with van der Waals surface area (Å²) in [6.07, 6.45) is -4.36. The molecule has 1 rings (SSSR count). The number of nitrogens with one attached hydrogen (secondary N) is 1. The SMILES string of the molecule is CCNC(C)(CO)c1cccc(C(F)(F)F)c1. The van der Waals surface area contributed by atoms with E-state index in [4.69, 9.17) is 0 Å². The van der Waals surface area contributed by atoms with Gasteiger partial charge in [0.15, 0.2) is 0 Å². The maximum Gasteiger partial charge on any atom is 0.416 e. The Balaban J connectivity index is 3.14. The Bertz CT molecular complexity index is 378. The molecule has 2 N–H and O–H groups in total. The van der Waals surface area contributed by atoms with Crippen LogP contribution in [0.4, 0.5) is 13.2 Å². The van der Waals surface area contributed by atoms with Gasteiger partial charge in [0.2, 0.25) is 0 Å². The molecular weight excluding hydrogens is 231 g/mol. The van der Waals surface area contributed by atoms with Crippen molar-refractivity contribution in [3.8, 4) is 0 Å². The van der Waals surface area contributed by atoms with Crippen LogP contribution in [0.5, 0.6) is 0 Å². The van der Waals surface area contributed by atoms with E-state index in [2.05, 4.69) is 5.32 Å². The minimum absolute atomic E-state index is 0.262. The molecule has 1 atom stereocenters. The molecule has 0 saturated carbocycles. The number of hydrogen-bond acceptors (Lipinski definition) is 2. The summed E-state index contributed by atoms with van der Waals surface area (Å²) in [6.45, 7) is 3.81. The van der Waals surface area contributed by atoms with E-state index in [1.165, 1.54) is 6.07 Å². The van der Waals surface area contributed by atoms with Crippen LogP contribution in [-0.4, -0.2) is 18.3 Å². The van der Waals surface area contributed by atoms with Crippen molar-refractivity contribution >= 4 is 0 Å². The molecule has 0 bridgehead atoms. The molecule has 1 aromatic rings. The molecule has 96 valence electrons. The Labute approximate surface area is 98.5 Å². The lowest BCUT2D eigenvalue weighted by molar-refractivity contribution is -0.137. The normalized spacial score (nSPS) is 15.6. The smallest absolute Gasteiger partial charge is 0.394 e. The monoisotopic (exact) mass is 247 g/mol. The number of rotatable bonds is 4. The molecule has 0 radical (unpaired) electrons. The first kappa shape index (κ1) is 14.0. The molecule has 0 fully saturated rings. The Morgan fingerprint density at radius 3 is 2.29 bits per heavy atom. The highest BCUT2D eigenvalue weighted by atomic mass is 19.4. The van der Waals surface area contributed by atoms with Crippen molar-refractivity contribution in [3.05, 3.63) is 35.4 Å². The molecule has 0 heterocycles. The third-order valence-electron chi connectivity index (χ3n) is 2.71. The van der Waals surface area contributed by atoms with E-state index in [0.717, 1.165) is 12.1 Å². The highest BCUT2D eigenvalue weighted by molar-refractivity contribution is 5.31. The molecule has 0 amide bonds. The largest absolute Gasteiger partial charge is 0.416 e. The first-order chi connectivity index (χ1) is 7.83. The van der Waals surface area contributed by atoms with Crippen molar-refractivity contribution in [1.29, 1.82) is 0 Å². The second-order valence-corrected chi connectivity index (χ2v) is 4.10. The van der Waals surface area contributed by atoms with Gasteiger partial charge in [-0.05, 0) is 31.2 Å². The molecule has 0 spiro atoms. The fourth-order valence-corrected chi connectivity index (χ4v) is 1.68. The van der Waals surface area contributed by atoms with Crippen molar-refractivity contribution in [2.45, 2.75) is 25.6 Å². The van der Waals surface area contributed by atoms with E-state index in [1.54, 1.807) is 13.0 Å². The first-order valence-corrected chi connectivity index (χ1v) is 5.37. The predicted molar refractivity (Wildman–Crippen MR) is 59.6 cm³/mol. The zero-order valence-electron chi connectivity index (χ0n) is 9.80. The van der Waals surface area contributed by atoms with Crippen molar-refractivity contribution in [3.63, 3.8) is 0 Å². The van der Waals surface area contributed by atoms with Crippen LogP contribution in [0.2, 0.25) is 0 Å². The van der Waals surface area contributed by atoms with Crippen molar-refractivity contribution in [1.82, 2.24) is 5.32 Å². The number of likely N-dealkylation sites (N-methyl/N-ethyl adjacent to an activating group) is 1. The van der Waals surface area contributed by atoms with Gasteiger partial charge >= 0.3 is 6.18 Å². The summed E-state index contributed by atoms with van der Waals surface area (Å²) in [6, 6.07) is 5.02. The minimum Gasteiger partial charge on any atom is -0.394 e. The summed E-state index contributed by atoms with van der Waals surface area (Å²) in [5.74, 6) is 0. The second kappa shape index (κ2) is 5.06. The van der Waals surface area contributed by atoms with E-state index in [-0.39, 0.29) is 6.61 Å². The van der Waals surface area contributed by atoms with Gasteiger partial charge in [0.05, 0.1) is 17.7 Å². The summed E-state index contributed by atoms with van der Waals surface area (Å²) in [7, 11) is 0. The molecule has 0 aliphatic rings. The van der Waals surface area contributed by atoms with Gasteiger partial charge in [-0.3, -0.25) is 0 Å². The summed E-state index contributed by atoms with van der Waals surface area (Å²) in [5.41, 5.74) is -1.13. The molecule has 1 unspecified atom stereocenters. The van der Waals surface area contributed by atoms with E-state index >= 15 is 0 Å². The van der Waals surface area contributed by atoms with Crippen LogP contribution in [0.1, 0.15) is 25.0 Å². The quantitative estimate of drug-likeness (QED) is 0.857. The van der Waals surface area contributed by atoms with Crippen LogP contribution in [0.15, 0.2) is 24.3 Å². The number of hydrogen-bond donors (Lipinski definition) is 2. The Hall–Kier alpha value is -1.07. The lowest BCUT2D eigenvalue weighted by atomic mass is 9.91. The summed E-state index contributed by atoms with van der Waals surface area (Å²) in [5, 5.41) is 12.3. The van der Waals surface area contributed by atoms with Crippen molar-refractivity contribution < 1.29 is 18.3 Å². The molecule has 0 aromatic heterocycles.